The molecule has 0 bridgehead atoms. The molecule has 0 saturated carbocycles. The van der Waals surface area contributed by atoms with Crippen LogP contribution in [0.5, 0.6) is 0 Å². The molecule has 1 rings (SSSR count). The van der Waals surface area contributed by atoms with Gasteiger partial charge in [0.05, 0.1) is 12.7 Å². The first-order valence-corrected chi connectivity index (χ1v) is 5.21. The molecule has 0 unspecified atom stereocenters. The number of benzene rings is 1. The van der Waals surface area contributed by atoms with Gasteiger partial charge in [-0.1, -0.05) is 15.9 Å². The van der Waals surface area contributed by atoms with Crippen molar-refractivity contribution in [1.82, 2.24) is 0 Å². The molecule has 0 atom stereocenters. The Morgan fingerprint density at radius 1 is 1.36 bits per heavy atom. The largest absolute Gasteiger partial charge is 0.465 e. The number of aldehydes is 1. The number of carbonyl (C=O) groups excluding carboxylic acids is 2. The molecule has 0 aliphatic rings. The monoisotopic (exact) mass is 320 g/mol. The van der Waals surface area contributed by atoms with Gasteiger partial charge in [-0.3, -0.25) is 4.79 Å². The first-order chi connectivity index (χ1) is 6.60. The summed E-state index contributed by atoms with van der Waals surface area (Å²) in [6.07, 6.45) is 0.670. The van der Waals surface area contributed by atoms with Crippen LogP contribution < -0.4 is 0 Å². The van der Waals surface area contributed by atoms with E-state index in [0.29, 0.717) is 26.4 Å². The first-order valence-electron chi connectivity index (χ1n) is 3.62. The number of halogens is 2. The van der Waals surface area contributed by atoms with Crippen LogP contribution in [0, 0.1) is 0 Å². The molecule has 0 heterocycles. The lowest BCUT2D eigenvalue weighted by Crippen LogP contribution is -2.03. The Bertz CT molecular complexity index is 388. The molecule has 0 radical (unpaired) electrons. The summed E-state index contributed by atoms with van der Waals surface area (Å²) in [6.45, 7) is 0. The van der Waals surface area contributed by atoms with Gasteiger partial charge in [-0.05, 0) is 28.1 Å². The van der Waals surface area contributed by atoms with Gasteiger partial charge in [0.1, 0.15) is 0 Å². The van der Waals surface area contributed by atoms with E-state index in [2.05, 4.69) is 36.6 Å². The van der Waals surface area contributed by atoms with Crippen molar-refractivity contribution in [3.05, 3.63) is 32.2 Å². The second kappa shape index (κ2) is 4.70. The van der Waals surface area contributed by atoms with E-state index < -0.39 is 5.97 Å². The Balaban J connectivity index is 3.30. The molecule has 5 heteroatoms. The molecule has 0 aliphatic heterocycles. The maximum absolute atomic E-state index is 11.2. The van der Waals surface area contributed by atoms with Crippen molar-refractivity contribution in [2.45, 2.75) is 0 Å². The summed E-state index contributed by atoms with van der Waals surface area (Å²) in [4.78, 5) is 21.8. The zero-order valence-corrected chi connectivity index (χ0v) is 10.4. The highest BCUT2D eigenvalue weighted by Gasteiger charge is 2.13. The lowest BCUT2D eigenvalue weighted by molar-refractivity contribution is 0.0599. The summed E-state index contributed by atoms with van der Waals surface area (Å²) in [5.74, 6) is -0.479. The fourth-order valence-electron chi connectivity index (χ4n) is 0.922. The fourth-order valence-corrected chi connectivity index (χ4v) is 2.17. The summed E-state index contributed by atoms with van der Waals surface area (Å²) in [5, 5.41) is 0. The third kappa shape index (κ3) is 2.22. The molecule has 0 amide bonds. The minimum atomic E-state index is -0.479. The molecule has 0 spiro atoms. The van der Waals surface area contributed by atoms with Crippen molar-refractivity contribution >= 4 is 44.1 Å². The molecule has 3 nitrogen and oxygen atoms in total. The molecule has 1 aromatic carbocycles. The van der Waals surface area contributed by atoms with Crippen molar-refractivity contribution in [3.63, 3.8) is 0 Å². The van der Waals surface area contributed by atoms with E-state index >= 15 is 0 Å². The van der Waals surface area contributed by atoms with Gasteiger partial charge in [-0.15, -0.1) is 0 Å². The zero-order valence-electron chi connectivity index (χ0n) is 7.21. The molecular weight excluding hydrogens is 316 g/mol. The van der Waals surface area contributed by atoms with Crippen LogP contribution in [-0.4, -0.2) is 19.4 Å². The van der Waals surface area contributed by atoms with Gasteiger partial charge in [-0.2, -0.15) is 0 Å². The summed E-state index contributed by atoms with van der Waals surface area (Å²) < 4.78 is 5.77. The highest BCUT2D eigenvalue weighted by molar-refractivity contribution is 9.11. The Kier molecular flexibility index (Phi) is 3.83. The van der Waals surface area contributed by atoms with E-state index in [1.807, 2.05) is 0 Å². The Morgan fingerprint density at radius 3 is 2.50 bits per heavy atom. The summed E-state index contributed by atoms with van der Waals surface area (Å²) >= 11 is 6.40. The van der Waals surface area contributed by atoms with Crippen molar-refractivity contribution < 1.29 is 14.3 Å². The molecule has 0 fully saturated rings. The zero-order chi connectivity index (χ0) is 10.7. The first kappa shape index (κ1) is 11.4. The molecule has 1 aromatic rings. The van der Waals surface area contributed by atoms with Gasteiger partial charge < -0.3 is 4.74 Å². The Morgan fingerprint density at radius 2 is 2.00 bits per heavy atom. The number of hydrogen-bond donors (Lipinski definition) is 0. The van der Waals surface area contributed by atoms with Crippen molar-refractivity contribution in [3.8, 4) is 0 Å². The van der Waals surface area contributed by atoms with Crippen LogP contribution in [0.25, 0.3) is 0 Å². The van der Waals surface area contributed by atoms with Crippen LogP contribution in [-0.2, 0) is 4.74 Å². The van der Waals surface area contributed by atoms with Crippen LogP contribution in [0.15, 0.2) is 21.1 Å². The lowest BCUT2D eigenvalue weighted by Gasteiger charge is -2.04. The molecule has 0 aliphatic carbocycles. The third-order valence-corrected chi connectivity index (χ3v) is 2.96. The second-order valence-corrected chi connectivity index (χ2v) is 4.17. The Labute approximate surface area is 97.7 Å². The Hall–Kier alpha value is -0.680. The van der Waals surface area contributed by atoms with Gasteiger partial charge in [0.2, 0.25) is 0 Å². The van der Waals surface area contributed by atoms with Crippen LogP contribution in [0.3, 0.4) is 0 Å². The summed E-state index contributed by atoms with van der Waals surface area (Å²) in [6, 6.07) is 3.10. The average Bonchev–Trinajstić information content (AvgIpc) is 2.17. The van der Waals surface area contributed by atoms with E-state index in [1.54, 1.807) is 6.07 Å². The normalized spacial score (nSPS) is 9.64. The number of rotatable bonds is 2. The number of hydrogen-bond acceptors (Lipinski definition) is 3. The van der Waals surface area contributed by atoms with E-state index in [4.69, 9.17) is 0 Å². The standard InChI is InChI=1S/C9H6Br2O3/c1-14-9(13)6-2-5(4-12)7(10)3-8(6)11/h2-4H,1H3. The van der Waals surface area contributed by atoms with Crippen LogP contribution in [0.2, 0.25) is 0 Å². The van der Waals surface area contributed by atoms with Crippen LogP contribution in [0.4, 0.5) is 0 Å². The van der Waals surface area contributed by atoms with Gasteiger partial charge in [0, 0.05) is 14.5 Å². The third-order valence-electron chi connectivity index (χ3n) is 1.62. The second-order valence-electron chi connectivity index (χ2n) is 2.46. The number of methoxy groups -OCH3 is 1. The lowest BCUT2D eigenvalue weighted by atomic mass is 10.1. The van der Waals surface area contributed by atoms with Crippen molar-refractivity contribution in [2.75, 3.05) is 7.11 Å². The van der Waals surface area contributed by atoms with Gasteiger partial charge >= 0.3 is 5.97 Å². The summed E-state index contributed by atoms with van der Waals surface area (Å²) in [5.41, 5.74) is 0.742. The maximum Gasteiger partial charge on any atom is 0.339 e. The highest BCUT2D eigenvalue weighted by atomic mass is 79.9. The molecule has 74 valence electrons. The minimum absolute atomic E-state index is 0.331. The van der Waals surface area contributed by atoms with Crippen molar-refractivity contribution in [2.24, 2.45) is 0 Å². The predicted molar refractivity (Wildman–Crippen MR) is 58.6 cm³/mol. The minimum Gasteiger partial charge on any atom is -0.465 e. The van der Waals surface area contributed by atoms with Gasteiger partial charge in [0.15, 0.2) is 6.29 Å². The van der Waals surface area contributed by atoms with Crippen molar-refractivity contribution in [1.29, 1.82) is 0 Å². The topological polar surface area (TPSA) is 43.4 Å². The van der Waals surface area contributed by atoms with Gasteiger partial charge in [0.25, 0.3) is 0 Å². The van der Waals surface area contributed by atoms with Gasteiger partial charge in [-0.25, -0.2) is 4.79 Å². The molecule has 0 N–H and O–H groups in total. The maximum atomic E-state index is 11.2. The van der Waals surface area contributed by atoms with E-state index in [9.17, 15) is 9.59 Å². The molecule has 14 heavy (non-hydrogen) atoms. The highest BCUT2D eigenvalue weighted by Crippen LogP contribution is 2.25. The number of carbonyl (C=O) groups is 2. The molecule has 0 aromatic heterocycles. The van der Waals surface area contributed by atoms with Crippen LogP contribution >= 0.6 is 31.9 Å². The SMILES string of the molecule is COC(=O)c1cc(C=O)c(Br)cc1Br. The molecule has 0 saturated heterocycles. The quantitative estimate of drug-likeness (QED) is 0.621. The fraction of sp³-hybridized carbons (Fsp3) is 0.111. The van der Waals surface area contributed by atoms with E-state index in [-0.39, 0.29) is 0 Å². The smallest absolute Gasteiger partial charge is 0.339 e. The van der Waals surface area contributed by atoms with Crippen LogP contribution in [0.1, 0.15) is 20.7 Å². The summed E-state index contributed by atoms with van der Waals surface area (Å²) in [7, 11) is 1.29. The number of ether oxygens (including phenoxy) is 1. The predicted octanol–water partition coefficient (Wildman–Crippen LogP) is 2.81. The van der Waals surface area contributed by atoms with E-state index in [0.717, 1.165) is 0 Å². The average molecular weight is 322 g/mol. The molecular formula is C9H6Br2O3. The van der Waals surface area contributed by atoms with E-state index in [1.165, 1.54) is 13.2 Å². The number of esters is 1.